The van der Waals surface area contributed by atoms with Gasteiger partial charge < -0.3 is 9.47 Å². The minimum absolute atomic E-state index is 0.401. The second-order valence-corrected chi connectivity index (χ2v) is 5.04. The van der Waals surface area contributed by atoms with Crippen molar-refractivity contribution < 1.29 is 14.3 Å². The number of pyridine rings is 1. The van der Waals surface area contributed by atoms with Gasteiger partial charge in [0.25, 0.3) is 0 Å². The van der Waals surface area contributed by atoms with E-state index in [2.05, 4.69) is 16.8 Å². The number of rotatable bonds is 3. The highest BCUT2D eigenvalue weighted by molar-refractivity contribution is 5.91. The summed E-state index contributed by atoms with van der Waals surface area (Å²) < 4.78 is 10.3. The molecule has 4 heteroatoms. The zero-order chi connectivity index (χ0) is 15.4. The SMILES string of the molecule is COc1ccc(C(=O)Oc2ccc(C#CC3CC3)nc2)cc1. The van der Waals surface area contributed by atoms with Crippen LogP contribution in [0.4, 0.5) is 0 Å². The monoisotopic (exact) mass is 293 g/mol. The molecule has 0 amide bonds. The summed E-state index contributed by atoms with van der Waals surface area (Å²) in [5.41, 5.74) is 1.15. The third kappa shape index (κ3) is 3.64. The summed E-state index contributed by atoms with van der Waals surface area (Å²) >= 11 is 0. The molecule has 2 aromatic rings. The average molecular weight is 293 g/mol. The zero-order valence-electron chi connectivity index (χ0n) is 12.2. The number of ether oxygens (including phenoxy) is 2. The van der Waals surface area contributed by atoms with Crippen LogP contribution in [0.2, 0.25) is 0 Å². The predicted molar refractivity (Wildman–Crippen MR) is 81.8 cm³/mol. The fourth-order valence-corrected chi connectivity index (χ4v) is 1.81. The molecule has 3 rings (SSSR count). The molecule has 0 atom stereocenters. The molecular formula is C18H15NO3. The van der Waals surface area contributed by atoms with E-state index in [9.17, 15) is 4.79 Å². The van der Waals surface area contributed by atoms with E-state index in [0.717, 1.165) is 0 Å². The first-order valence-corrected chi connectivity index (χ1v) is 7.08. The Morgan fingerprint density at radius 2 is 1.86 bits per heavy atom. The van der Waals surface area contributed by atoms with Gasteiger partial charge in [-0.05, 0) is 55.2 Å². The van der Waals surface area contributed by atoms with E-state index in [-0.39, 0.29) is 0 Å². The van der Waals surface area contributed by atoms with Gasteiger partial charge in [0, 0.05) is 5.92 Å². The van der Waals surface area contributed by atoms with E-state index in [1.54, 1.807) is 43.5 Å². The zero-order valence-corrected chi connectivity index (χ0v) is 12.2. The van der Waals surface area contributed by atoms with Crippen molar-refractivity contribution in [1.82, 2.24) is 4.98 Å². The van der Waals surface area contributed by atoms with E-state index in [0.29, 0.717) is 28.7 Å². The highest BCUT2D eigenvalue weighted by Crippen LogP contribution is 2.27. The fourth-order valence-electron chi connectivity index (χ4n) is 1.81. The molecule has 1 heterocycles. The van der Waals surface area contributed by atoms with E-state index in [4.69, 9.17) is 9.47 Å². The van der Waals surface area contributed by atoms with Crippen molar-refractivity contribution in [3.63, 3.8) is 0 Å². The Balaban J connectivity index is 1.64. The van der Waals surface area contributed by atoms with Gasteiger partial charge in [0.15, 0.2) is 0 Å². The molecule has 1 aliphatic carbocycles. The number of hydrogen-bond donors (Lipinski definition) is 0. The third-order valence-corrected chi connectivity index (χ3v) is 3.25. The molecule has 0 unspecified atom stereocenters. The van der Waals surface area contributed by atoms with Crippen LogP contribution in [0.25, 0.3) is 0 Å². The number of benzene rings is 1. The van der Waals surface area contributed by atoms with Crippen LogP contribution in [-0.2, 0) is 0 Å². The summed E-state index contributed by atoms with van der Waals surface area (Å²) in [6.07, 6.45) is 3.88. The molecule has 0 spiro atoms. The van der Waals surface area contributed by atoms with Crippen LogP contribution in [0, 0.1) is 17.8 Å². The van der Waals surface area contributed by atoms with Crippen molar-refractivity contribution in [2.24, 2.45) is 5.92 Å². The molecule has 22 heavy (non-hydrogen) atoms. The standard InChI is InChI=1S/C18H15NO3/c1-21-16-9-5-14(6-10-16)18(20)22-17-11-8-15(19-12-17)7-4-13-2-3-13/h5-6,8-13H,2-3H2,1H3. The van der Waals surface area contributed by atoms with Gasteiger partial charge in [0.2, 0.25) is 0 Å². The summed E-state index contributed by atoms with van der Waals surface area (Å²) in [4.78, 5) is 16.2. The summed E-state index contributed by atoms with van der Waals surface area (Å²) in [6.45, 7) is 0. The molecule has 1 saturated carbocycles. The highest BCUT2D eigenvalue weighted by atomic mass is 16.5. The Morgan fingerprint density at radius 3 is 2.45 bits per heavy atom. The number of nitrogens with zero attached hydrogens (tertiary/aromatic N) is 1. The third-order valence-electron chi connectivity index (χ3n) is 3.25. The second kappa shape index (κ2) is 6.31. The Labute approximate surface area is 129 Å². The Morgan fingerprint density at radius 1 is 1.14 bits per heavy atom. The predicted octanol–water partition coefficient (Wildman–Crippen LogP) is 3.07. The van der Waals surface area contributed by atoms with Gasteiger partial charge in [0.1, 0.15) is 17.2 Å². The van der Waals surface area contributed by atoms with Crippen molar-refractivity contribution >= 4 is 5.97 Å². The van der Waals surface area contributed by atoms with E-state index < -0.39 is 5.97 Å². The number of aromatic nitrogens is 1. The number of esters is 1. The van der Waals surface area contributed by atoms with Crippen molar-refractivity contribution in [3.8, 4) is 23.3 Å². The summed E-state index contributed by atoms with van der Waals surface area (Å²) in [5.74, 6) is 7.35. The fraction of sp³-hybridized carbons (Fsp3) is 0.222. The highest BCUT2D eigenvalue weighted by Gasteiger charge is 2.17. The van der Waals surface area contributed by atoms with Crippen LogP contribution >= 0.6 is 0 Å². The van der Waals surface area contributed by atoms with Crippen LogP contribution in [0.3, 0.4) is 0 Å². The van der Waals surface area contributed by atoms with Gasteiger partial charge in [-0.15, -0.1) is 0 Å². The molecule has 0 aliphatic heterocycles. The van der Waals surface area contributed by atoms with E-state index in [1.165, 1.54) is 19.0 Å². The lowest BCUT2D eigenvalue weighted by Crippen LogP contribution is -2.08. The van der Waals surface area contributed by atoms with Crippen molar-refractivity contribution in [3.05, 3.63) is 53.9 Å². The number of carbonyl (C=O) groups is 1. The van der Waals surface area contributed by atoms with Crippen molar-refractivity contribution in [1.29, 1.82) is 0 Å². The lowest BCUT2D eigenvalue weighted by atomic mass is 10.2. The molecule has 0 N–H and O–H groups in total. The normalized spacial score (nSPS) is 13.0. The molecule has 1 aliphatic rings. The first-order chi connectivity index (χ1) is 10.7. The first kappa shape index (κ1) is 14.2. The van der Waals surface area contributed by atoms with Crippen LogP contribution in [0.1, 0.15) is 28.9 Å². The quantitative estimate of drug-likeness (QED) is 0.644. The molecule has 110 valence electrons. The summed E-state index contributed by atoms with van der Waals surface area (Å²) in [5, 5.41) is 0. The van der Waals surface area contributed by atoms with Gasteiger partial charge in [-0.3, -0.25) is 0 Å². The Kier molecular flexibility index (Phi) is 4.06. The molecule has 4 nitrogen and oxygen atoms in total. The van der Waals surface area contributed by atoms with Gasteiger partial charge in [-0.1, -0.05) is 5.92 Å². The number of methoxy groups -OCH3 is 1. The molecule has 1 aromatic carbocycles. The smallest absolute Gasteiger partial charge is 0.343 e. The number of hydrogen-bond acceptors (Lipinski definition) is 4. The number of carbonyl (C=O) groups excluding carboxylic acids is 1. The summed E-state index contributed by atoms with van der Waals surface area (Å²) in [6, 6.07) is 10.2. The second-order valence-electron chi connectivity index (χ2n) is 5.04. The molecule has 0 radical (unpaired) electrons. The Hall–Kier alpha value is -2.80. The maximum absolute atomic E-state index is 12.0. The minimum Gasteiger partial charge on any atom is -0.497 e. The largest absolute Gasteiger partial charge is 0.497 e. The topological polar surface area (TPSA) is 48.4 Å². The molecule has 1 fully saturated rings. The van der Waals surface area contributed by atoms with Gasteiger partial charge >= 0.3 is 5.97 Å². The molecule has 1 aromatic heterocycles. The van der Waals surface area contributed by atoms with Gasteiger partial charge in [-0.2, -0.15) is 0 Å². The van der Waals surface area contributed by atoms with Crippen molar-refractivity contribution in [2.45, 2.75) is 12.8 Å². The maximum atomic E-state index is 12.0. The van der Waals surface area contributed by atoms with Crippen LogP contribution in [-0.4, -0.2) is 18.1 Å². The van der Waals surface area contributed by atoms with Gasteiger partial charge in [0.05, 0.1) is 18.9 Å². The molecule has 0 bridgehead atoms. The lowest BCUT2D eigenvalue weighted by molar-refractivity contribution is 0.0734. The van der Waals surface area contributed by atoms with Crippen LogP contribution < -0.4 is 9.47 Å². The van der Waals surface area contributed by atoms with Crippen LogP contribution in [0.15, 0.2) is 42.6 Å². The first-order valence-electron chi connectivity index (χ1n) is 7.08. The minimum atomic E-state index is -0.429. The van der Waals surface area contributed by atoms with E-state index in [1.807, 2.05) is 0 Å². The lowest BCUT2D eigenvalue weighted by Gasteiger charge is -2.05. The Bertz CT molecular complexity index is 720. The van der Waals surface area contributed by atoms with Crippen LogP contribution in [0.5, 0.6) is 11.5 Å². The molecular weight excluding hydrogens is 278 g/mol. The molecule has 0 saturated heterocycles. The van der Waals surface area contributed by atoms with Gasteiger partial charge in [-0.25, -0.2) is 9.78 Å². The van der Waals surface area contributed by atoms with Crippen molar-refractivity contribution in [2.75, 3.05) is 7.11 Å². The maximum Gasteiger partial charge on any atom is 0.343 e. The average Bonchev–Trinajstić information content (AvgIpc) is 3.38. The van der Waals surface area contributed by atoms with E-state index >= 15 is 0 Å². The summed E-state index contributed by atoms with van der Waals surface area (Å²) in [7, 11) is 1.58.